The summed E-state index contributed by atoms with van der Waals surface area (Å²) >= 11 is 3.46. The third-order valence-electron chi connectivity index (χ3n) is 2.80. The molecule has 0 heterocycles. The summed E-state index contributed by atoms with van der Waals surface area (Å²) in [6.07, 6.45) is 4.04. The zero-order valence-corrected chi connectivity index (χ0v) is 12.3. The third-order valence-corrected chi connectivity index (χ3v) is 3.57. The zero-order valence-electron chi connectivity index (χ0n) is 10.7. The van der Waals surface area contributed by atoms with Crippen molar-refractivity contribution in [1.82, 2.24) is 0 Å². The number of ether oxygens (including phenoxy) is 1. The topological polar surface area (TPSA) is 52.3 Å². The highest BCUT2D eigenvalue weighted by Gasteiger charge is 2.08. The first-order chi connectivity index (χ1) is 8.67. The SMILES string of the molecule is COc1ccc(Br)c(CC(=O)CCCCCN)c1. The second-order valence-electron chi connectivity index (χ2n) is 4.27. The van der Waals surface area contributed by atoms with Crippen LogP contribution in [0, 0.1) is 0 Å². The molecule has 4 heteroatoms. The minimum atomic E-state index is 0.265. The molecule has 3 nitrogen and oxygen atoms in total. The average Bonchev–Trinajstić information content (AvgIpc) is 2.37. The summed E-state index contributed by atoms with van der Waals surface area (Å²) in [7, 11) is 1.63. The van der Waals surface area contributed by atoms with Crippen molar-refractivity contribution < 1.29 is 9.53 Å². The van der Waals surface area contributed by atoms with Crippen LogP contribution in [-0.2, 0) is 11.2 Å². The molecular formula is C14H20BrNO2. The summed E-state index contributed by atoms with van der Waals surface area (Å²) in [5.41, 5.74) is 6.40. The molecule has 0 aliphatic heterocycles. The number of ketones is 1. The lowest BCUT2D eigenvalue weighted by molar-refractivity contribution is -0.118. The largest absolute Gasteiger partial charge is 0.497 e. The van der Waals surface area contributed by atoms with Crippen LogP contribution in [-0.4, -0.2) is 19.4 Å². The first-order valence-corrected chi connectivity index (χ1v) is 7.01. The van der Waals surface area contributed by atoms with Crippen LogP contribution in [0.25, 0.3) is 0 Å². The Balaban J connectivity index is 2.48. The number of benzene rings is 1. The number of halogens is 1. The highest BCUT2D eigenvalue weighted by molar-refractivity contribution is 9.10. The second kappa shape index (κ2) is 8.27. The van der Waals surface area contributed by atoms with Crippen LogP contribution < -0.4 is 10.5 Å². The zero-order chi connectivity index (χ0) is 13.4. The Morgan fingerprint density at radius 3 is 2.78 bits per heavy atom. The smallest absolute Gasteiger partial charge is 0.137 e. The Bertz CT molecular complexity index is 393. The van der Waals surface area contributed by atoms with Crippen molar-refractivity contribution in [3.05, 3.63) is 28.2 Å². The molecule has 0 radical (unpaired) electrons. The maximum atomic E-state index is 11.8. The molecule has 1 rings (SSSR count). The van der Waals surface area contributed by atoms with E-state index in [9.17, 15) is 4.79 Å². The van der Waals surface area contributed by atoms with Crippen LogP contribution in [0.1, 0.15) is 31.2 Å². The summed E-state index contributed by atoms with van der Waals surface area (Å²) in [5, 5.41) is 0. The standard InChI is InChI=1S/C14H20BrNO2/c1-18-13-6-7-14(15)11(10-13)9-12(17)5-3-2-4-8-16/h6-7,10H,2-5,8-9,16H2,1H3. The molecule has 0 saturated carbocycles. The van der Waals surface area contributed by atoms with Gasteiger partial charge in [-0.05, 0) is 43.1 Å². The highest BCUT2D eigenvalue weighted by Crippen LogP contribution is 2.23. The second-order valence-corrected chi connectivity index (χ2v) is 5.13. The van der Waals surface area contributed by atoms with Crippen molar-refractivity contribution in [2.45, 2.75) is 32.1 Å². The third kappa shape index (κ3) is 5.19. The van der Waals surface area contributed by atoms with Gasteiger partial charge in [0.25, 0.3) is 0 Å². The number of methoxy groups -OCH3 is 1. The molecule has 0 bridgehead atoms. The molecule has 0 atom stereocenters. The minimum Gasteiger partial charge on any atom is -0.497 e. The number of hydrogen-bond donors (Lipinski definition) is 1. The average molecular weight is 314 g/mol. The van der Waals surface area contributed by atoms with Gasteiger partial charge >= 0.3 is 0 Å². The van der Waals surface area contributed by atoms with E-state index < -0.39 is 0 Å². The van der Waals surface area contributed by atoms with E-state index in [4.69, 9.17) is 10.5 Å². The summed E-state index contributed by atoms with van der Waals surface area (Å²) in [4.78, 5) is 11.8. The fourth-order valence-corrected chi connectivity index (χ4v) is 2.14. The van der Waals surface area contributed by atoms with Crippen molar-refractivity contribution in [2.24, 2.45) is 5.73 Å². The van der Waals surface area contributed by atoms with Gasteiger partial charge in [-0.2, -0.15) is 0 Å². The molecule has 0 unspecified atom stereocenters. The molecule has 1 aromatic carbocycles. The van der Waals surface area contributed by atoms with Gasteiger partial charge in [0.15, 0.2) is 0 Å². The maximum Gasteiger partial charge on any atom is 0.137 e. The van der Waals surface area contributed by atoms with Gasteiger partial charge in [-0.25, -0.2) is 0 Å². The number of unbranched alkanes of at least 4 members (excludes halogenated alkanes) is 2. The van der Waals surface area contributed by atoms with Crippen LogP contribution in [0.3, 0.4) is 0 Å². The number of nitrogens with two attached hydrogens (primary N) is 1. The van der Waals surface area contributed by atoms with Crippen molar-refractivity contribution >= 4 is 21.7 Å². The highest BCUT2D eigenvalue weighted by atomic mass is 79.9. The molecular weight excluding hydrogens is 294 g/mol. The Hall–Kier alpha value is -0.870. The summed E-state index contributed by atoms with van der Waals surface area (Å²) in [6.45, 7) is 0.704. The van der Waals surface area contributed by atoms with E-state index in [0.717, 1.165) is 35.0 Å². The summed E-state index contributed by atoms with van der Waals surface area (Å²) in [6, 6.07) is 5.69. The molecule has 2 N–H and O–H groups in total. The quantitative estimate of drug-likeness (QED) is 0.750. The molecule has 1 aromatic rings. The molecule has 18 heavy (non-hydrogen) atoms. The predicted molar refractivity (Wildman–Crippen MR) is 76.9 cm³/mol. The number of carbonyl (C=O) groups excluding carboxylic acids is 1. The minimum absolute atomic E-state index is 0.265. The first-order valence-electron chi connectivity index (χ1n) is 6.21. The van der Waals surface area contributed by atoms with Crippen LogP contribution in [0.15, 0.2) is 22.7 Å². The first kappa shape index (κ1) is 15.2. The number of rotatable bonds is 8. The number of Topliss-reactive ketones (excluding diaryl/α,β-unsaturated/α-hetero) is 1. The van der Waals surface area contributed by atoms with Crippen LogP contribution >= 0.6 is 15.9 Å². The molecule has 100 valence electrons. The van der Waals surface area contributed by atoms with E-state index in [1.165, 1.54) is 0 Å². The molecule has 0 aliphatic carbocycles. The monoisotopic (exact) mass is 313 g/mol. The van der Waals surface area contributed by atoms with E-state index in [1.807, 2.05) is 18.2 Å². The van der Waals surface area contributed by atoms with E-state index in [2.05, 4.69) is 15.9 Å². The molecule has 0 amide bonds. The normalized spacial score (nSPS) is 10.4. The van der Waals surface area contributed by atoms with Gasteiger partial charge in [-0.1, -0.05) is 22.4 Å². The van der Waals surface area contributed by atoms with Crippen LogP contribution in [0.2, 0.25) is 0 Å². The van der Waals surface area contributed by atoms with E-state index in [1.54, 1.807) is 7.11 Å². The van der Waals surface area contributed by atoms with Crippen molar-refractivity contribution in [2.75, 3.05) is 13.7 Å². The van der Waals surface area contributed by atoms with E-state index >= 15 is 0 Å². The van der Waals surface area contributed by atoms with Crippen LogP contribution in [0.4, 0.5) is 0 Å². The van der Waals surface area contributed by atoms with Gasteiger partial charge in [0, 0.05) is 17.3 Å². The summed E-state index contributed by atoms with van der Waals surface area (Å²) in [5.74, 6) is 1.05. The Kier molecular flexibility index (Phi) is 6.98. The van der Waals surface area contributed by atoms with Gasteiger partial charge in [0.2, 0.25) is 0 Å². The fraction of sp³-hybridized carbons (Fsp3) is 0.500. The molecule has 0 aromatic heterocycles. The lowest BCUT2D eigenvalue weighted by atomic mass is 10.0. The van der Waals surface area contributed by atoms with Gasteiger partial charge in [-0.3, -0.25) is 4.79 Å². The lowest BCUT2D eigenvalue weighted by Crippen LogP contribution is -2.04. The summed E-state index contributed by atoms with van der Waals surface area (Å²) < 4.78 is 6.12. The van der Waals surface area contributed by atoms with Gasteiger partial charge in [0.05, 0.1) is 7.11 Å². The van der Waals surface area contributed by atoms with Gasteiger partial charge in [-0.15, -0.1) is 0 Å². The van der Waals surface area contributed by atoms with Gasteiger partial charge in [0.1, 0.15) is 11.5 Å². The van der Waals surface area contributed by atoms with Crippen LogP contribution in [0.5, 0.6) is 5.75 Å². The lowest BCUT2D eigenvalue weighted by Gasteiger charge is -2.07. The maximum absolute atomic E-state index is 11.8. The fourth-order valence-electron chi connectivity index (χ4n) is 1.76. The number of carbonyl (C=O) groups is 1. The van der Waals surface area contributed by atoms with Crippen molar-refractivity contribution in [1.29, 1.82) is 0 Å². The van der Waals surface area contributed by atoms with Crippen molar-refractivity contribution in [3.63, 3.8) is 0 Å². The van der Waals surface area contributed by atoms with E-state index in [0.29, 0.717) is 19.4 Å². The van der Waals surface area contributed by atoms with Gasteiger partial charge < -0.3 is 10.5 Å². The molecule has 0 saturated heterocycles. The molecule has 0 aliphatic rings. The number of hydrogen-bond acceptors (Lipinski definition) is 3. The molecule has 0 fully saturated rings. The Morgan fingerprint density at radius 2 is 2.11 bits per heavy atom. The Morgan fingerprint density at radius 1 is 1.33 bits per heavy atom. The Labute approximate surface area is 117 Å². The van der Waals surface area contributed by atoms with Crippen molar-refractivity contribution in [3.8, 4) is 5.75 Å². The molecule has 0 spiro atoms. The van der Waals surface area contributed by atoms with E-state index in [-0.39, 0.29) is 5.78 Å². The predicted octanol–water partition coefficient (Wildman–Crippen LogP) is 3.09.